The van der Waals surface area contributed by atoms with E-state index >= 15 is 0 Å². The molecule has 1 heterocycles. The quantitative estimate of drug-likeness (QED) is 0.193. The molecule has 1 aliphatic rings. The van der Waals surface area contributed by atoms with Crippen molar-refractivity contribution in [1.82, 2.24) is 4.90 Å². The van der Waals surface area contributed by atoms with Gasteiger partial charge in [0.25, 0.3) is 0 Å². The Hall–Kier alpha value is -2.98. The summed E-state index contributed by atoms with van der Waals surface area (Å²) in [6.45, 7) is 4.34. The van der Waals surface area contributed by atoms with Crippen molar-refractivity contribution in [3.05, 3.63) is 95.6 Å². The lowest BCUT2D eigenvalue weighted by Crippen LogP contribution is -2.41. The summed E-state index contributed by atoms with van der Waals surface area (Å²) in [4.78, 5) is 2.25. The lowest BCUT2D eigenvalue weighted by Gasteiger charge is -2.39. The molecular formula is C33H43NO7. The van der Waals surface area contributed by atoms with E-state index in [4.69, 9.17) is 28.4 Å². The first-order chi connectivity index (χ1) is 20.1. The summed E-state index contributed by atoms with van der Waals surface area (Å²) in [6, 6.07) is 26.1. The molecule has 2 unspecified atom stereocenters. The van der Waals surface area contributed by atoms with Crippen LogP contribution in [0.1, 0.15) is 23.1 Å². The topological polar surface area (TPSA) is 78.9 Å². The molecule has 1 fully saturated rings. The van der Waals surface area contributed by atoms with Crippen LogP contribution in [0.4, 0.5) is 0 Å². The smallest absolute Gasteiger partial charge is 0.150 e. The van der Waals surface area contributed by atoms with E-state index < -0.39 is 11.7 Å². The van der Waals surface area contributed by atoms with Crippen molar-refractivity contribution in [1.29, 1.82) is 0 Å². The molecule has 0 saturated carbocycles. The molecule has 0 aromatic heterocycles. The van der Waals surface area contributed by atoms with E-state index in [1.54, 1.807) is 21.3 Å². The summed E-state index contributed by atoms with van der Waals surface area (Å²) in [5.41, 5.74) is 1.67. The molecule has 3 aromatic rings. The fourth-order valence-corrected chi connectivity index (χ4v) is 5.51. The Balaban J connectivity index is 1.61. The molecule has 0 aliphatic carbocycles. The van der Waals surface area contributed by atoms with Gasteiger partial charge in [0, 0.05) is 37.4 Å². The average molecular weight is 566 g/mol. The van der Waals surface area contributed by atoms with Gasteiger partial charge in [-0.1, -0.05) is 66.7 Å². The highest BCUT2D eigenvalue weighted by molar-refractivity contribution is 5.56. The number of benzene rings is 3. The molecule has 3 aromatic carbocycles. The first-order valence-corrected chi connectivity index (χ1v) is 14.2. The zero-order valence-electron chi connectivity index (χ0n) is 24.4. The zero-order chi connectivity index (χ0) is 28.9. The van der Waals surface area contributed by atoms with Gasteiger partial charge >= 0.3 is 0 Å². The highest BCUT2D eigenvalue weighted by Crippen LogP contribution is 2.47. The Morgan fingerprint density at radius 2 is 1.29 bits per heavy atom. The summed E-state index contributed by atoms with van der Waals surface area (Å²) in [6.07, 6.45) is 0.188. The highest BCUT2D eigenvalue weighted by Gasteiger charge is 2.43. The van der Waals surface area contributed by atoms with Crippen LogP contribution >= 0.6 is 0 Å². The summed E-state index contributed by atoms with van der Waals surface area (Å²) >= 11 is 0. The van der Waals surface area contributed by atoms with Gasteiger partial charge in [-0.05, 0) is 24.1 Å². The predicted octanol–water partition coefficient (Wildman–Crippen LogP) is 4.13. The third-order valence-electron chi connectivity index (χ3n) is 7.48. The second-order valence-corrected chi connectivity index (χ2v) is 10.0. The molecule has 1 saturated heterocycles. The maximum absolute atomic E-state index is 10.6. The van der Waals surface area contributed by atoms with E-state index in [0.29, 0.717) is 70.7 Å². The Labute approximate surface area is 243 Å². The lowest BCUT2D eigenvalue weighted by molar-refractivity contribution is -0.0238. The standard InChI is InChI=1S/C33H43NO7/c1-36-19-20-40-22-21-39-18-17-34-24-28(35)23-27(34)25-41-33(26-11-5-4-6-12-26,29-13-7-9-15-31(29)37-2)30-14-8-10-16-32(30)38-3/h4-16,27-28,35H,17-25H2,1-3H3. The highest BCUT2D eigenvalue weighted by atomic mass is 16.5. The van der Waals surface area contributed by atoms with Gasteiger partial charge in [-0.15, -0.1) is 0 Å². The molecule has 1 aliphatic heterocycles. The Kier molecular flexibility index (Phi) is 12.0. The third kappa shape index (κ3) is 7.65. The van der Waals surface area contributed by atoms with E-state index in [9.17, 15) is 5.11 Å². The van der Waals surface area contributed by atoms with E-state index in [2.05, 4.69) is 17.0 Å². The number of rotatable bonds is 17. The fourth-order valence-electron chi connectivity index (χ4n) is 5.51. The molecule has 0 spiro atoms. The Morgan fingerprint density at radius 3 is 1.90 bits per heavy atom. The maximum Gasteiger partial charge on any atom is 0.150 e. The molecule has 4 rings (SSSR count). The molecule has 0 bridgehead atoms. The molecular weight excluding hydrogens is 522 g/mol. The molecule has 8 nitrogen and oxygen atoms in total. The van der Waals surface area contributed by atoms with E-state index in [0.717, 1.165) is 16.7 Å². The second kappa shape index (κ2) is 15.9. The van der Waals surface area contributed by atoms with Crippen LogP contribution in [-0.2, 0) is 24.5 Å². The molecule has 8 heteroatoms. The molecule has 0 amide bonds. The number of methoxy groups -OCH3 is 3. The molecule has 41 heavy (non-hydrogen) atoms. The predicted molar refractivity (Wildman–Crippen MR) is 158 cm³/mol. The first-order valence-electron chi connectivity index (χ1n) is 14.2. The number of likely N-dealkylation sites (tertiary alicyclic amines) is 1. The normalized spacial score (nSPS) is 17.6. The van der Waals surface area contributed by atoms with Crippen molar-refractivity contribution >= 4 is 0 Å². The van der Waals surface area contributed by atoms with Gasteiger partial charge in [-0.25, -0.2) is 0 Å². The van der Waals surface area contributed by atoms with Gasteiger partial charge in [0.2, 0.25) is 0 Å². The van der Waals surface area contributed by atoms with Gasteiger partial charge in [0.15, 0.2) is 5.60 Å². The largest absolute Gasteiger partial charge is 0.496 e. The van der Waals surface area contributed by atoms with Gasteiger partial charge in [0.1, 0.15) is 11.5 Å². The molecule has 1 N–H and O–H groups in total. The number of aliphatic hydroxyl groups excluding tert-OH is 1. The van der Waals surface area contributed by atoms with Crippen molar-refractivity contribution in [2.45, 2.75) is 24.2 Å². The van der Waals surface area contributed by atoms with Crippen LogP contribution in [0.15, 0.2) is 78.9 Å². The Morgan fingerprint density at radius 1 is 0.732 bits per heavy atom. The number of nitrogens with zero attached hydrogens (tertiary/aromatic N) is 1. The van der Waals surface area contributed by atoms with Crippen LogP contribution in [0.25, 0.3) is 0 Å². The number of aliphatic hydroxyl groups is 1. The van der Waals surface area contributed by atoms with Crippen LogP contribution in [-0.4, -0.2) is 96.2 Å². The van der Waals surface area contributed by atoms with Gasteiger partial charge in [0.05, 0.1) is 60.0 Å². The van der Waals surface area contributed by atoms with Crippen LogP contribution < -0.4 is 9.47 Å². The van der Waals surface area contributed by atoms with Gasteiger partial charge < -0.3 is 33.5 Å². The number of ether oxygens (including phenoxy) is 6. The van der Waals surface area contributed by atoms with Crippen molar-refractivity contribution < 1.29 is 33.5 Å². The van der Waals surface area contributed by atoms with Crippen LogP contribution in [0.5, 0.6) is 11.5 Å². The summed E-state index contributed by atoms with van der Waals surface area (Å²) in [5, 5.41) is 10.6. The number of β-amino-alcohol motifs (C(OH)–C–C–N with tert-alkyl or cyclic N) is 1. The third-order valence-corrected chi connectivity index (χ3v) is 7.48. The molecule has 2 atom stereocenters. The summed E-state index contributed by atoms with van der Waals surface area (Å²) in [7, 11) is 5.00. The minimum atomic E-state index is -1.03. The maximum atomic E-state index is 10.6. The van der Waals surface area contributed by atoms with Crippen molar-refractivity contribution in [2.24, 2.45) is 0 Å². The summed E-state index contributed by atoms with van der Waals surface area (Å²) in [5.74, 6) is 1.43. The van der Waals surface area contributed by atoms with E-state index in [-0.39, 0.29) is 6.04 Å². The molecule has 0 radical (unpaired) electrons. The summed E-state index contributed by atoms with van der Waals surface area (Å²) < 4.78 is 35.2. The van der Waals surface area contributed by atoms with Crippen molar-refractivity contribution in [2.75, 3.05) is 74.1 Å². The van der Waals surface area contributed by atoms with E-state index in [1.165, 1.54) is 0 Å². The lowest BCUT2D eigenvalue weighted by atomic mass is 9.79. The first kappa shape index (κ1) is 31.0. The minimum absolute atomic E-state index is 0.000875. The second-order valence-electron chi connectivity index (χ2n) is 10.0. The van der Waals surface area contributed by atoms with Gasteiger partial charge in [-0.3, -0.25) is 4.90 Å². The van der Waals surface area contributed by atoms with Crippen LogP contribution in [0, 0.1) is 0 Å². The fraction of sp³-hybridized carbons (Fsp3) is 0.455. The SMILES string of the molecule is COCCOCCOCCN1CC(O)CC1COC(c1ccccc1)(c1ccccc1OC)c1ccccc1OC. The number of hydrogen-bond acceptors (Lipinski definition) is 8. The molecule has 222 valence electrons. The monoisotopic (exact) mass is 565 g/mol. The van der Waals surface area contributed by atoms with Crippen LogP contribution in [0.2, 0.25) is 0 Å². The zero-order valence-corrected chi connectivity index (χ0v) is 24.4. The van der Waals surface area contributed by atoms with Crippen LogP contribution in [0.3, 0.4) is 0 Å². The van der Waals surface area contributed by atoms with E-state index in [1.807, 2.05) is 66.7 Å². The Bertz CT molecular complexity index is 1130. The van der Waals surface area contributed by atoms with Crippen molar-refractivity contribution in [3.63, 3.8) is 0 Å². The average Bonchev–Trinajstić information content (AvgIpc) is 3.38. The van der Waals surface area contributed by atoms with Gasteiger partial charge in [-0.2, -0.15) is 0 Å². The minimum Gasteiger partial charge on any atom is -0.496 e. The number of para-hydroxylation sites is 2. The number of hydrogen-bond donors (Lipinski definition) is 1. The van der Waals surface area contributed by atoms with Crippen molar-refractivity contribution in [3.8, 4) is 11.5 Å².